The highest BCUT2D eigenvalue weighted by Crippen LogP contribution is 2.07. The Kier molecular flexibility index (Phi) is 8.66. The molecule has 0 aromatic carbocycles. The Morgan fingerprint density at radius 2 is 1.94 bits per heavy atom. The molecule has 1 aromatic heterocycles. The van der Waals surface area contributed by atoms with E-state index in [1.54, 1.807) is 6.26 Å². The maximum Gasteiger partial charge on any atom is 0.103 e. The van der Waals surface area contributed by atoms with E-state index in [4.69, 9.17) is 4.42 Å². The number of aryl methyl sites for hydroxylation is 1. The van der Waals surface area contributed by atoms with Crippen molar-refractivity contribution in [2.24, 2.45) is 0 Å². The fourth-order valence-corrected chi connectivity index (χ4v) is 2.17. The molecule has 2 nitrogen and oxygen atoms in total. The van der Waals surface area contributed by atoms with Gasteiger partial charge in [-0.1, -0.05) is 39.0 Å². The Morgan fingerprint density at radius 3 is 2.67 bits per heavy atom. The number of rotatable bonds is 11. The van der Waals surface area contributed by atoms with Crippen LogP contribution >= 0.6 is 0 Å². The number of unbranched alkanes of at least 4 members (excludes halogenated alkanes) is 5. The van der Waals surface area contributed by atoms with Gasteiger partial charge in [-0.3, -0.25) is 0 Å². The predicted molar refractivity (Wildman–Crippen MR) is 77.9 cm³/mol. The molecule has 1 aromatic rings. The second-order valence-corrected chi connectivity index (χ2v) is 5.24. The Bertz CT molecular complexity index is 269. The summed E-state index contributed by atoms with van der Waals surface area (Å²) in [6, 6.07) is 4.61. The molecule has 0 saturated carbocycles. The normalized spacial score (nSPS) is 12.8. The highest BCUT2D eigenvalue weighted by molar-refractivity contribution is 4.98. The number of hydrogen-bond acceptors (Lipinski definition) is 2. The van der Waals surface area contributed by atoms with Crippen LogP contribution in [0.4, 0.5) is 0 Å². The molecule has 0 aliphatic carbocycles. The average Bonchev–Trinajstić information content (AvgIpc) is 2.88. The lowest BCUT2D eigenvalue weighted by Crippen LogP contribution is -2.27. The van der Waals surface area contributed by atoms with Crippen molar-refractivity contribution in [3.8, 4) is 0 Å². The van der Waals surface area contributed by atoms with Crippen LogP contribution in [0.5, 0.6) is 0 Å². The minimum absolute atomic E-state index is 0.589. The van der Waals surface area contributed by atoms with Crippen molar-refractivity contribution in [1.82, 2.24) is 5.32 Å². The fourth-order valence-electron chi connectivity index (χ4n) is 2.17. The van der Waals surface area contributed by atoms with E-state index in [0.29, 0.717) is 6.04 Å². The third-order valence-electron chi connectivity index (χ3n) is 3.43. The van der Waals surface area contributed by atoms with Crippen LogP contribution in [-0.2, 0) is 6.42 Å². The molecule has 0 radical (unpaired) electrons. The van der Waals surface area contributed by atoms with Gasteiger partial charge in [0, 0.05) is 12.5 Å². The van der Waals surface area contributed by atoms with E-state index in [9.17, 15) is 0 Å². The molecule has 1 heterocycles. The molecule has 104 valence electrons. The topological polar surface area (TPSA) is 25.2 Å². The summed E-state index contributed by atoms with van der Waals surface area (Å²) in [7, 11) is 0. The zero-order chi connectivity index (χ0) is 13.1. The van der Waals surface area contributed by atoms with Crippen LogP contribution in [0.3, 0.4) is 0 Å². The Balaban J connectivity index is 1.89. The number of hydrogen-bond donors (Lipinski definition) is 1. The second kappa shape index (κ2) is 10.2. The van der Waals surface area contributed by atoms with E-state index in [2.05, 4.69) is 25.2 Å². The highest BCUT2D eigenvalue weighted by atomic mass is 16.3. The second-order valence-electron chi connectivity index (χ2n) is 5.24. The molecule has 0 saturated heterocycles. The maximum atomic E-state index is 5.34. The first-order chi connectivity index (χ1) is 8.83. The molecular weight excluding hydrogens is 222 g/mol. The van der Waals surface area contributed by atoms with Crippen molar-refractivity contribution in [2.45, 2.75) is 71.3 Å². The van der Waals surface area contributed by atoms with Crippen LogP contribution in [-0.4, -0.2) is 12.6 Å². The lowest BCUT2D eigenvalue weighted by molar-refractivity contribution is 0.453. The first-order valence-corrected chi connectivity index (χ1v) is 7.58. The van der Waals surface area contributed by atoms with Gasteiger partial charge in [-0.2, -0.15) is 0 Å². The molecule has 0 spiro atoms. The van der Waals surface area contributed by atoms with Gasteiger partial charge in [-0.15, -0.1) is 0 Å². The van der Waals surface area contributed by atoms with Gasteiger partial charge in [0.2, 0.25) is 0 Å². The Hall–Kier alpha value is -0.760. The molecule has 1 atom stereocenters. The predicted octanol–water partition coefficient (Wildman–Crippen LogP) is 4.55. The van der Waals surface area contributed by atoms with Crippen molar-refractivity contribution in [3.05, 3.63) is 24.2 Å². The molecule has 1 N–H and O–H groups in total. The van der Waals surface area contributed by atoms with Crippen LogP contribution in [0.2, 0.25) is 0 Å². The Labute approximate surface area is 112 Å². The summed E-state index contributed by atoms with van der Waals surface area (Å²) in [5, 5.41) is 3.59. The zero-order valence-corrected chi connectivity index (χ0v) is 12.1. The van der Waals surface area contributed by atoms with Crippen LogP contribution in [0, 0.1) is 0 Å². The summed E-state index contributed by atoms with van der Waals surface area (Å²) in [4.78, 5) is 0. The minimum Gasteiger partial charge on any atom is -0.469 e. The van der Waals surface area contributed by atoms with E-state index in [1.165, 1.54) is 38.5 Å². The molecule has 2 heteroatoms. The van der Waals surface area contributed by atoms with Gasteiger partial charge in [0.25, 0.3) is 0 Å². The van der Waals surface area contributed by atoms with E-state index in [0.717, 1.165) is 25.1 Å². The average molecular weight is 251 g/mol. The van der Waals surface area contributed by atoms with Crippen molar-refractivity contribution < 1.29 is 4.42 Å². The van der Waals surface area contributed by atoms with Gasteiger partial charge in [0.05, 0.1) is 6.26 Å². The van der Waals surface area contributed by atoms with Gasteiger partial charge in [-0.05, 0) is 38.4 Å². The fraction of sp³-hybridized carbons (Fsp3) is 0.750. The molecule has 0 fully saturated rings. The third-order valence-corrected chi connectivity index (χ3v) is 3.43. The van der Waals surface area contributed by atoms with Gasteiger partial charge in [0.1, 0.15) is 5.76 Å². The zero-order valence-electron chi connectivity index (χ0n) is 12.1. The minimum atomic E-state index is 0.589. The van der Waals surface area contributed by atoms with Crippen molar-refractivity contribution >= 4 is 0 Å². The summed E-state index contributed by atoms with van der Waals surface area (Å²) in [6.07, 6.45) is 12.2. The van der Waals surface area contributed by atoms with Crippen LogP contribution < -0.4 is 5.32 Å². The molecule has 0 aliphatic rings. The van der Waals surface area contributed by atoms with Crippen LogP contribution in [0.25, 0.3) is 0 Å². The molecule has 1 rings (SSSR count). The highest BCUT2D eigenvalue weighted by Gasteiger charge is 2.03. The maximum absolute atomic E-state index is 5.34. The summed E-state index contributed by atoms with van der Waals surface area (Å²) >= 11 is 0. The SMILES string of the molecule is CCCCCCCCNC(C)CCc1ccco1. The smallest absolute Gasteiger partial charge is 0.103 e. The lowest BCUT2D eigenvalue weighted by Gasteiger charge is -2.12. The van der Waals surface area contributed by atoms with Crippen LogP contribution in [0.1, 0.15) is 64.6 Å². The van der Waals surface area contributed by atoms with Crippen molar-refractivity contribution in [2.75, 3.05) is 6.54 Å². The molecule has 0 amide bonds. The van der Waals surface area contributed by atoms with E-state index in [-0.39, 0.29) is 0 Å². The number of furan rings is 1. The summed E-state index contributed by atoms with van der Waals surface area (Å²) in [5.41, 5.74) is 0. The van der Waals surface area contributed by atoms with E-state index < -0.39 is 0 Å². The standard InChI is InChI=1S/C16H29NO/c1-3-4-5-6-7-8-13-17-15(2)11-12-16-10-9-14-18-16/h9-10,14-15,17H,3-8,11-13H2,1-2H3. The lowest BCUT2D eigenvalue weighted by atomic mass is 10.1. The summed E-state index contributed by atoms with van der Waals surface area (Å²) < 4.78 is 5.34. The number of nitrogens with one attached hydrogen (secondary N) is 1. The van der Waals surface area contributed by atoms with Crippen molar-refractivity contribution in [3.63, 3.8) is 0 Å². The summed E-state index contributed by atoms with van der Waals surface area (Å²) in [5.74, 6) is 1.10. The van der Waals surface area contributed by atoms with Crippen LogP contribution in [0.15, 0.2) is 22.8 Å². The monoisotopic (exact) mass is 251 g/mol. The van der Waals surface area contributed by atoms with E-state index >= 15 is 0 Å². The molecular formula is C16H29NO. The molecule has 0 bridgehead atoms. The molecule has 0 aliphatic heterocycles. The van der Waals surface area contributed by atoms with Gasteiger partial charge < -0.3 is 9.73 Å². The quantitative estimate of drug-likeness (QED) is 0.584. The largest absolute Gasteiger partial charge is 0.469 e. The van der Waals surface area contributed by atoms with Gasteiger partial charge >= 0.3 is 0 Å². The van der Waals surface area contributed by atoms with Gasteiger partial charge in [-0.25, -0.2) is 0 Å². The first kappa shape index (κ1) is 15.3. The van der Waals surface area contributed by atoms with Crippen molar-refractivity contribution in [1.29, 1.82) is 0 Å². The molecule has 18 heavy (non-hydrogen) atoms. The Morgan fingerprint density at radius 1 is 1.17 bits per heavy atom. The third kappa shape index (κ3) is 7.54. The van der Waals surface area contributed by atoms with E-state index in [1.807, 2.05) is 6.07 Å². The first-order valence-electron chi connectivity index (χ1n) is 7.58. The summed E-state index contributed by atoms with van der Waals surface area (Å²) in [6.45, 7) is 5.69. The molecule has 1 unspecified atom stereocenters. The van der Waals surface area contributed by atoms with Gasteiger partial charge in [0.15, 0.2) is 0 Å².